The molecule has 152 valence electrons. The summed E-state index contributed by atoms with van der Waals surface area (Å²) in [5.74, 6) is -1.72. The molecule has 0 unspecified atom stereocenters. The van der Waals surface area contributed by atoms with Gasteiger partial charge in [0.05, 0.1) is 5.69 Å². The van der Waals surface area contributed by atoms with Gasteiger partial charge in [0, 0.05) is 30.2 Å². The number of nitrogens with zero attached hydrogens (tertiary/aromatic N) is 2. The maximum Gasteiger partial charge on any atom is 0.262 e. The normalized spacial score (nSPS) is 10.7. The number of amides is 1. The van der Waals surface area contributed by atoms with E-state index in [4.69, 9.17) is 9.47 Å². The van der Waals surface area contributed by atoms with E-state index < -0.39 is 24.1 Å². The lowest BCUT2D eigenvalue weighted by Crippen LogP contribution is -2.20. The topological polar surface area (TPSA) is 64.9 Å². The number of aromatic nitrogens is 2. The zero-order chi connectivity index (χ0) is 20.9. The molecule has 6 nitrogen and oxygen atoms in total. The highest BCUT2D eigenvalue weighted by Crippen LogP contribution is 2.20. The highest BCUT2D eigenvalue weighted by atomic mass is 19.1. The number of benzene rings is 2. The molecule has 0 radical (unpaired) electrons. The van der Waals surface area contributed by atoms with Crippen molar-refractivity contribution in [1.29, 1.82) is 0 Å². The summed E-state index contributed by atoms with van der Waals surface area (Å²) in [6, 6.07) is 15.4. The molecule has 2 heterocycles. The summed E-state index contributed by atoms with van der Waals surface area (Å²) in [5.41, 5.74) is 2.09. The maximum atomic E-state index is 13.6. The number of pyridine rings is 1. The Morgan fingerprint density at radius 1 is 1.03 bits per heavy atom. The number of halogens is 2. The molecule has 4 aromatic rings. The summed E-state index contributed by atoms with van der Waals surface area (Å²) >= 11 is 0. The first-order chi connectivity index (χ1) is 14.6. The fourth-order valence-corrected chi connectivity index (χ4v) is 2.81. The molecule has 0 spiro atoms. The van der Waals surface area contributed by atoms with E-state index in [0.29, 0.717) is 17.5 Å². The first-order valence-electron chi connectivity index (χ1n) is 9.10. The van der Waals surface area contributed by atoms with Crippen molar-refractivity contribution >= 4 is 17.2 Å². The van der Waals surface area contributed by atoms with Gasteiger partial charge in [-0.3, -0.25) is 4.79 Å². The van der Waals surface area contributed by atoms with E-state index >= 15 is 0 Å². The third kappa shape index (κ3) is 4.72. The second-order valence-corrected chi connectivity index (χ2v) is 6.43. The minimum atomic E-state index is -0.870. The second-order valence-electron chi connectivity index (χ2n) is 6.43. The Kier molecular flexibility index (Phi) is 5.56. The van der Waals surface area contributed by atoms with Crippen molar-refractivity contribution in [2.75, 3.05) is 11.9 Å². The molecule has 0 aliphatic rings. The molecule has 30 heavy (non-hydrogen) atoms. The molecule has 0 bridgehead atoms. The third-order valence-corrected chi connectivity index (χ3v) is 4.17. The minimum Gasteiger partial charge on any atom is -0.487 e. The van der Waals surface area contributed by atoms with Crippen LogP contribution in [0.25, 0.3) is 5.65 Å². The number of ether oxygens (including phenoxy) is 2. The first-order valence-corrected chi connectivity index (χ1v) is 9.10. The Bertz CT molecular complexity index is 1160. The predicted octanol–water partition coefficient (Wildman–Crippen LogP) is 4.21. The second kappa shape index (κ2) is 8.60. The van der Waals surface area contributed by atoms with Crippen molar-refractivity contribution in [1.82, 2.24) is 9.38 Å². The molecule has 0 saturated carbocycles. The Hall–Kier alpha value is -3.94. The quantitative estimate of drug-likeness (QED) is 0.497. The van der Waals surface area contributed by atoms with Gasteiger partial charge in [0.25, 0.3) is 5.91 Å². The van der Waals surface area contributed by atoms with Gasteiger partial charge in [0.15, 0.2) is 18.2 Å². The lowest BCUT2D eigenvalue weighted by Gasteiger charge is -2.10. The van der Waals surface area contributed by atoms with Crippen LogP contribution in [0.1, 0.15) is 5.69 Å². The van der Waals surface area contributed by atoms with E-state index in [-0.39, 0.29) is 12.4 Å². The molecule has 0 aliphatic heterocycles. The van der Waals surface area contributed by atoms with Gasteiger partial charge in [-0.15, -0.1) is 0 Å². The van der Waals surface area contributed by atoms with Gasteiger partial charge in [-0.2, -0.15) is 0 Å². The Morgan fingerprint density at radius 3 is 2.77 bits per heavy atom. The SMILES string of the molecule is O=C(COc1ccc(F)cc1F)Nc1cccc(OCc2cn3ccccc3n2)c1. The molecule has 2 aromatic heterocycles. The van der Waals surface area contributed by atoms with E-state index in [1.54, 1.807) is 24.3 Å². The van der Waals surface area contributed by atoms with E-state index in [2.05, 4.69) is 10.3 Å². The maximum absolute atomic E-state index is 13.6. The number of anilines is 1. The minimum absolute atomic E-state index is 0.198. The molecule has 1 amide bonds. The number of hydrogen-bond donors (Lipinski definition) is 1. The average molecular weight is 409 g/mol. The molecular weight excluding hydrogens is 392 g/mol. The van der Waals surface area contributed by atoms with E-state index in [1.165, 1.54) is 0 Å². The predicted molar refractivity (Wildman–Crippen MR) is 106 cm³/mol. The van der Waals surface area contributed by atoms with Crippen LogP contribution in [0, 0.1) is 11.6 Å². The van der Waals surface area contributed by atoms with Crippen LogP contribution in [0.15, 0.2) is 73.1 Å². The lowest BCUT2D eigenvalue weighted by molar-refractivity contribution is -0.118. The molecule has 0 fully saturated rings. The average Bonchev–Trinajstić information content (AvgIpc) is 3.15. The van der Waals surface area contributed by atoms with Crippen molar-refractivity contribution in [2.24, 2.45) is 0 Å². The molecule has 0 atom stereocenters. The molecule has 1 N–H and O–H groups in total. The van der Waals surface area contributed by atoms with Gasteiger partial charge < -0.3 is 19.2 Å². The highest BCUT2D eigenvalue weighted by Gasteiger charge is 2.09. The Balaban J connectivity index is 1.32. The van der Waals surface area contributed by atoms with Crippen molar-refractivity contribution in [3.63, 3.8) is 0 Å². The Labute approximate surface area is 170 Å². The number of fused-ring (bicyclic) bond motifs is 1. The summed E-state index contributed by atoms with van der Waals surface area (Å²) in [6.45, 7) is -0.152. The van der Waals surface area contributed by atoms with Crippen LogP contribution in [0.2, 0.25) is 0 Å². The fraction of sp³-hybridized carbons (Fsp3) is 0.0909. The molecule has 2 aromatic carbocycles. The summed E-state index contributed by atoms with van der Waals surface area (Å²) in [4.78, 5) is 16.5. The van der Waals surface area contributed by atoms with Gasteiger partial charge in [0.2, 0.25) is 0 Å². The van der Waals surface area contributed by atoms with Crippen LogP contribution in [0.5, 0.6) is 11.5 Å². The largest absolute Gasteiger partial charge is 0.487 e. The summed E-state index contributed by atoms with van der Waals surface area (Å²) < 4.78 is 39.2. The number of rotatable bonds is 7. The van der Waals surface area contributed by atoms with Crippen molar-refractivity contribution in [3.05, 3.63) is 90.4 Å². The van der Waals surface area contributed by atoms with Gasteiger partial charge in [0.1, 0.15) is 23.8 Å². The van der Waals surface area contributed by atoms with Crippen molar-refractivity contribution in [2.45, 2.75) is 6.61 Å². The molecule has 0 aliphatic carbocycles. The third-order valence-electron chi connectivity index (χ3n) is 4.17. The van der Waals surface area contributed by atoms with Crippen LogP contribution >= 0.6 is 0 Å². The zero-order valence-electron chi connectivity index (χ0n) is 15.7. The number of nitrogens with one attached hydrogen (secondary N) is 1. The van der Waals surface area contributed by atoms with Gasteiger partial charge >= 0.3 is 0 Å². The lowest BCUT2D eigenvalue weighted by atomic mass is 10.3. The van der Waals surface area contributed by atoms with Gasteiger partial charge in [-0.25, -0.2) is 13.8 Å². The van der Waals surface area contributed by atoms with Gasteiger partial charge in [-0.1, -0.05) is 12.1 Å². The van der Waals surface area contributed by atoms with Crippen LogP contribution < -0.4 is 14.8 Å². The van der Waals surface area contributed by atoms with Crippen LogP contribution in [-0.4, -0.2) is 21.9 Å². The standard InChI is InChI=1S/C22H17F2N3O3/c23-15-7-8-20(19(24)10-15)30-14-22(28)26-16-4-3-5-18(11-16)29-13-17-12-27-9-2-1-6-21(27)25-17/h1-12H,13-14H2,(H,26,28). The van der Waals surface area contributed by atoms with Crippen LogP contribution in [-0.2, 0) is 11.4 Å². The van der Waals surface area contributed by atoms with Gasteiger partial charge in [-0.05, 0) is 36.4 Å². The zero-order valence-corrected chi connectivity index (χ0v) is 15.7. The highest BCUT2D eigenvalue weighted by molar-refractivity contribution is 5.92. The van der Waals surface area contributed by atoms with Crippen molar-refractivity contribution in [3.8, 4) is 11.5 Å². The molecule has 4 rings (SSSR count). The van der Waals surface area contributed by atoms with Crippen LogP contribution in [0.4, 0.5) is 14.5 Å². The van der Waals surface area contributed by atoms with E-state index in [9.17, 15) is 13.6 Å². The Morgan fingerprint density at radius 2 is 1.93 bits per heavy atom. The summed E-state index contributed by atoms with van der Waals surface area (Å²) in [6.07, 6.45) is 3.79. The van der Waals surface area contributed by atoms with E-state index in [1.807, 2.05) is 35.0 Å². The van der Waals surface area contributed by atoms with E-state index in [0.717, 1.165) is 23.5 Å². The molecule has 0 saturated heterocycles. The number of carbonyl (C=O) groups excluding carboxylic acids is 1. The number of hydrogen-bond acceptors (Lipinski definition) is 4. The summed E-state index contributed by atoms with van der Waals surface area (Å²) in [5, 5.41) is 2.64. The van der Waals surface area contributed by atoms with Crippen molar-refractivity contribution < 1.29 is 23.0 Å². The smallest absolute Gasteiger partial charge is 0.262 e. The summed E-state index contributed by atoms with van der Waals surface area (Å²) in [7, 11) is 0. The molecule has 8 heteroatoms. The number of carbonyl (C=O) groups is 1. The first kappa shape index (κ1) is 19.4. The molecular formula is C22H17F2N3O3. The monoisotopic (exact) mass is 409 g/mol. The van der Waals surface area contributed by atoms with Crippen LogP contribution in [0.3, 0.4) is 0 Å². The fourth-order valence-electron chi connectivity index (χ4n) is 2.81. The number of imidazole rings is 1.